The summed E-state index contributed by atoms with van der Waals surface area (Å²) in [4.78, 5) is 40.7. The fraction of sp³-hybridized carbons (Fsp3) is 0.320. The van der Waals surface area contributed by atoms with Gasteiger partial charge in [-0.05, 0) is 31.0 Å². The van der Waals surface area contributed by atoms with E-state index >= 15 is 0 Å². The highest BCUT2D eigenvalue weighted by Gasteiger charge is 2.24. The number of ether oxygens (including phenoxy) is 2. The van der Waals surface area contributed by atoms with Gasteiger partial charge in [0.2, 0.25) is 12.7 Å². The fourth-order valence-corrected chi connectivity index (χ4v) is 4.41. The van der Waals surface area contributed by atoms with Crippen LogP contribution in [0.3, 0.4) is 0 Å². The molecule has 170 valence electrons. The molecular weight excluding hydrogens is 422 g/mol. The molecule has 0 saturated carbocycles. The van der Waals surface area contributed by atoms with Crippen molar-refractivity contribution in [3.05, 3.63) is 54.2 Å². The van der Waals surface area contributed by atoms with Crippen molar-refractivity contribution in [3.8, 4) is 11.5 Å². The molecule has 0 radical (unpaired) electrons. The van der Waals surface area contributed by atoms with Crippen molar-refractivity contribution in [2.45, 2.75) is 32.2 Å². The number of benzene rings is 2. The van der Waals surface area contributed by atoms with E-state index in [1.807, 2.05) is 23.1 Å². The average molecular weight is 447 g/mol. The molecule has 33 heavy (non-hydrogen) atoms. The smallest absolute Gasteiger partial charge is 0.296 e. The van der Waals surface area contributed by atoms with Crippen LogP contribution >= 0.6 is 0 Å². The predicted molar refractivity (Wildman–Crippen MR) is 123 cm³/mol. The van der Waals surface area contributed by atoms with E-state index in [2.05, 4.69) is 5.32 Å². The first kappa shape index (κ1) is 21.1. The molecule has 1 saturated heterocycles. The van der Waals surface area contributed by atoms with Gasteiger partial charge in [-0.3, -0.25) is 14.4 Å². The Labute approximate surface area is 191 Å². The van der Waals surface area contributed by atoms with Crippen LogP contribution in [0.1, 0.15) is 36.0 Å². The maximum atomic E-state index is 13.1. The van der Waals surface area contributed by atoms with Crippen LogP contribution in [0.5, 0.6) is 11.5 Å². The summed E-state index contributed by atoms with van der Waals surface area (Å²) in [5.74, 6) is -0.276. The van der Waals surface area contributed by atoms with Crippen LogP contribution in [0.4, 0.5) is 5.69 Å². The number of hydrogen-bond acceptors (Lipinski definition) is 5. The van der Waals surface area contributed by atoms with Crippen LogP contribution < -0.4 is 14.8 Å². The van der Waals surface area contributed by atoms with Gasteiger partial charge in [-0.25, -0.2) is 0 Å². The summed E-state index contributed by atoms with van der Waals surface area (Å²) in [6, 6.07) is 12.3. The molecule has 0 spiro atoms. The second kappa shape index (κ2) is 8.97. The zero-order chi connectivity index (χ0) is 22.8. The number of amides is 2. The van der Waals surface area contributed by atoms with E-state index in [0.29, 0.717) is 22.6 Å². The van der Waals surface area contributed by atoms with Gasteiger partial charge in [-0.1, -0.05) is 31.0 Å². The number of carbonyl (C=O) groups excluding carboxylic acids is 3. The molecule has 1 aromatic heterocycles. The van der Waals surface area contributed by atoms with Crippen LogP contribution in [0, 0.1) is 0 Å². The zero-order valence-corrected chi connectivity index (χ0v) is 18.2. The largest absolute Gasteiger partial charge is 0.454 e. The van der Waals surface area contributed by atoms with Crippen molar-refractivity contribution in [2.75, 3.05) is 25.2 Å². The second-order valence-electron chi connectivity index (χ2n) is 8.33. The highest BCUT2D eigenvalue weighted by molar-refractivity contribution is 6.48. The van der Waals surface area contributed by atoms with Gasteiger partial charge in [-0.15, -0.1) is 0 Å². The second-order valence-corrected chi connectivity index (χ2v) is 8.33. The van der Waals surface area contributed by atoms with Crippen molar-refractivity contribution >= 4 is 34.2 Å². The Morgan fingerprint density at radius 1 is 0.909 bits per heavy atom. The first-order valence-corrected chi connectivity index (χ1v) is 11.2. The molecule has 3 aromatic rings. The Kier molecular flexibility index (Phi) is 5.73. The summed E-state index contributed by atoms with van der Waals surface area (Å²) in [5, 5.41) is 3.28. The van der Waals surface area contributed by atoms with Gasteiger partial charge in [0.25, 0.3) is 11.7 Å². The number of hydrogen-bond donors (Lipinski definition) is 1. The molecule has 0 bridgehead atoms. The number of nitrogens with zero attached hydrogens (tertiary/aromatic N) is 2. The Morgan fingerprint density at radius 2 is 1.67 bits per heavy atom. The Bertz CT molecular complexity index is 1220. The number of para-hydroxylation sites is 1. The maximum absolute atomic E-state index is 13.1. The number of ketones is 1. The summed E-state index contributed by atoms with van der Waals surface area (Å²) in [5.41, 5.74) is 1.46. The van der Waals surface area contributed by atoms with E-state index in [4.69, 9.17) is 9.47 Å². The number of nitrogens with one attached hydrogen (secondary N) is 1. The van der Waals surface area contributed by atoms with Crippen LogP contribution in [0.25, 0.3) is 10.9 Å². The van der Waals surface area contributed by atoms with E-state index in [9.17, 15) is 14.4 Å². The third-order valence-corrected chi connectivity index (χ3v) is 6.13. The van der Waals surface area contributed by atoms with Gasteiger partial charge < -0.3 is 24.3 Å². The number of anilines is 1. The number of rotatable bonds is 5. The minimum Gasteiger partial charge on any atom is -0.454 e. The number of carbonyl (C=O) groups is 3. The number of fused-ring (bicyclic) bond motifs is 2. The van der Waals surface area contributed by atoms with Crippen LogP contribution in [0.15, 0.2) is 48.7 Å². The van der Waals surface area contributed by atoms with Crippen molar-refractivity contribution in [1.82, 2.24) is 9.47 Å². The maximum Gasteiger partial charge on any atom is 0.296 e. The zero-order valence-electron chi connectivity index (χ0n) is 18.2. The van der Waals surface area contributed by atoms with Crippen molar-refractivity contribution in [2.24, 2.45) is 0 Å². The average Bonchev–Trinajstić information content (AvgIpc) is 3.33. The Hall–Kier alpha value is -3.81. The number of Topliss-reactive ketones (excluding diaryl/α,β-unsaturated/α-hetero) is 1. The van der Waals surface area contributed by atoms with Gasteiger partial charge in [-0.2, -0.15) is 0 Å². The standard InChI is InChI=1S/C25H25N3O5/c29-23(27-11-5-1-2-6-12-27)15-28-14-19(18-7-3-4-8-20(18)28)24(30)25(31)26-17-9-10-21-22(13-17)33-16-32-21/h3-4,7-10,13-14H,1-2,5-6,11-12,15-16H2,(H,26,31). The normalized spacial score (nSPS) is 15.3. The summed E-state index contributed by atoms with van der Waals surface area (Å²) < 4.78 is 12.4. The minimum absolute atomic E-state index is 0.0291. The molecule has 0 aliphatic carbocycles. The topological polar surface area (TPSA) is 89.9 Å². The molecule has 2 aliphatic heterocycles. The van der Waals surface area contributed by atoms with Gasteiger partial charge in [0.15, 0.2) is 11.5 Å². The van der Waals surface area contributed by atoms with Gasteiger partial charge in [0.1, 0.15) is 6.54 Å². The monoisotopic (exact) mass is 447 g/mol. The van der Waals surface area contributed by atoms with Gasteiger partial charge in [0, 0.05) is 41.9 Å². The lowest BCUT2D eigenvalue weighted by Gasteiger charge is -2.20. The molecule has 2 aromatic carbocycles. The first-order valence-electron chi connectivity index (χ1n) is 11.2. The predicted octanol–water partition coefficient (Wildman–Crippen LogP) is 3.59. The molecule has 0 unspecified atom stereocenters. The highest BCUT2D eigenvalue weighted by atomic mass is 16.7. The lowest BCUT2D eigenvalue weighted by molar-refractivity contribution is -0.131. The number of aromatic nitrogens is 1. The van der Waals surface area contributed by atoms with E-state index in [1.165, 1.54) is 0 Å². The lowest BCUT2D eigenvalue weighted by atomic mass is 10.1. The molecule has 5 rings (SSSR count). The molecule has 2 amide bonds. The molecule has 1 fully saturated rings. The first-order chi connectivity index (χ1) is 16.1. The molecule has 3 heterocycles. The molecule has 8 nitrogen and oxygen atoms in total. The van der Waals surface area contributed by atoms with E-state index in [1.54, 1.807) is 35.0 Å². The molecule has 8 heteroatoms. The summed E-state index contributed by atoms with van der Waals surface area (Å²) in [6.07, 6.45) is 5.94. The highest BCUT2D eigenvalue weighted by Crippen LogP contribution is 2.34. The lowest BCUT2D eigenvalue weighted by Crippen LogP contribution is -2.34. The van der Waals surface area contributed by atoms with Crippen LogP contribution in [0.2, 0.25) is 0 Å². The Balaban J connectivity index is 1.37. The van der Waals surface area contributed by atoms with Crippen LogP contribution in [-0.4, -0.2) is 46.9 Å². The SMILES string of the molecule is O=C(Nc1ccc2c(c1)OCO2)C(=O)c1cn(CC(=O)N2CCCCCC2)c2ccccc12. The number of likely N-dealkylation sites (tertiary alicyclic amines) is 1. The van der Waals surface area contributed by atoms with E-state index in [-0.39, 0.29) is 24.8 Å². The van der Waals surface area contributed by atoms with E-state index < -0.39 is 11.7 Å². The van der Waals surface area contributed by atoms with E-state index in [0.717, 1.165) is 44.3 Å². The molecular formula is C25H25N3O5. The third-order valence-electron chi connectivity index (χ3n) is 6.13. The fourth-order valence-electron chi connectivity index (χ4n) is 4.41. The molecule has 0 atom stereocenters. The van der Waals surface area contributed by atoms with Gasteiger partial charge in [0.05, 0.1) is 5.56 Å². The summed E-state index contributed by atoms with van der Waals surface area (Å²) >= 11 is 0. The summed E-state index contributed by atoms with van der Waals surface area (Å²) in [7, 11) is 0. The third kappa shape index (κ3) is 4.28. The van der Waals surface area contributed by atoms with Crippen molar-refractivity contribution in [3.63, 3.8) is 0 Å². The van der Waals surface area contributed by atoms with Gasteiger partial charge >= 0.3 is 0 Å². The van der Waals surface area contributed by atoms with Crippen molar-refractivity contribution in [1.29, 1.82) is 0 Å². The summed E-state index contributed by atoms with van der Waals surface area (Å²) in [6.45, 7) is 1.79. The molecule has 2 aliphatic rings. The quantitative estimate of drug-likeness (QED) is 0.477. The Morgan fingerprint density at radius 3 is 2.48 bits per heavy atom. The minimum atomic E-state index is -0.754. The van der Waals surface area contributed by atoms with Crippen LogP contribution in [-0.2, 0) is 16.1 Å². The van der Waals surface area contributed by atoms with Crippen molar-refractivity contribution < 1.29 is 23.9 Å². The molecule has 1 N–H and O–H groups in total.